The van der Waals surface area contributed by atoms with Crippen LogP contribution in [0.5, 0.6) is 0 Å². The summed E-state index contributed by atoms with van der Waals surface area (Å²) >= 11 is 0. The van der Waals surface area contributed by atoms with Gasteiger partial charge >= 0.3 is 6.09 Å². The van der Waals surface area contributed by atoms with Crippen LogP contribution in [0.3, 0.4) is 0 Å². The van der Waals surface area contributed by atoms with Crippen molar-refractivity contribution in [3.63, 3.8) is 0 Å². The fourth-order valence-electron chi connectivity index (χ4n) is 1.47. The number of hydrogen-bond acceptors (Lipinski definition) is 3. The molecule has 0 unspecified atom stereocenters. The van der Waals surface area contributed by atoms with Crippen molar-refractivity contribution in [1.29, 1.82) is 0 Å². The van der Waals surface area contributed by atoms with E-state index < -0.39 is 17.5 Å². The highest BCUT2D eigenvalue weighted by atomic mass is 19.1. The number of carbonyl (C=O) groups is 2. The first-order chi connectivity index (χ1) is 9.33. The molecular weight excluding hydrogens is 261 g/mol. The molecule has 0 saturated heterocycles. The lowest BCUT2D eigenvalue weighted by atomic mass is 10.1. The molecule has 5 heteroatoms. The Bertz CT molecular complexity index is 518. The highest BCUT2D eigenvalue weighted by molar-refractivity contribution is 5.82. The quantitative estimate of drug-likeness (QED) is 0.861. The van der Waals surface area contributed by atoms with Gasteiger partial charge in [0.1, 0.15) is 11.4 Å². The Labute approximate surface area is 117 Å². The fraction of sp³-hybridized carbons (Fsp3) is 0.333. The van der Waals surface area contributed by atoms with Crippen LogP contribution in [0.1, 0.15) is 36.7 Å². The van der Waals surface area contributed by atoms with Crippen LogP contribution < -0.4 is 5.32 Å². The van der Waals surface area contributed by atoms with Crippen LogP contribution in [-0.2, 0) is 4.74 Å². The number of halogens is 1. The number of benzene rings is 1. The molecular formula is C15H18FNO3. The number of hydrogen-bond donors (Lipinski definition) is 1. The van der Waals surface area contributed by atoms with Crippen molar-refractivity contribution < 1.29 is 18.7 Å². The summed E-state index contributed by atoms with van der Waals surface area (Å²) in [4.78, 5) is 22.1. The first-order valence-electron chi connectivity index (χ1n) is 6.20. The molecule has 0 heterocycles. The van der Waals surface area contributed by atoms with Crippen LogP contribution in [0.2, 0.25) is 0 Å². The van der Waals surface area contributed by atoms with Crippen molar-refractivity contribution in [3.05, 3.63) is 41.2 Å². The monoisotopic (exact) mass is 279 g/mol. The molecule has 1 N–H and O–H groups in total. The molecule has 0 saturated carbocycles. The van der Waals surface area contributed by atoms with Crippen molar-refractivity contribution in [3.8, 4) is 0 Å². The molecule has 0 atom stereocenters. The molecule has 20 heavy (non-hydrogen) atoms. The van der Waals surface area contributed by atoms with E-state index in [1.54, 1.807) is 26.8 Å². The van der Waals surface area contributed by atoms with Gasteiger partial charge in [-0.1, -0.05) is 24.3 Å². The number of amides is 1. The number of nitrogens with one attached hydrogen (secondary N) is 1. The average molecular weight is 279 g/mol. The topological polar surface area (TPSA) is 55.4 Å². The van der Waals surface area contributed by atoms with Gasteiger partial charge in [-0.3, -0.25) is 4.79 Å². The summed E-state index contributed by atoms with van der Waals surface area (Å²) in [6, 6.07) is 4.26. The lowest BCUT2D eigenvalue weighted by Gasteiger charge is -2.19. The van der Waals surface area contributed by atoms with E-state index >= 15 is 0 Å². The molecule has 0 aliphatic rings. The van der Waals surface area contributed by atoms with E-state index in [9.17, 15) is 14.0 Å². The SMILES string of the molecule is CC(C)(C)OC(=O)NCC=Cc1c(F)cccc1C=O. The van der Waals surface area contributed by atoms with Gasteiger partial charge in [0.25, 0.3) is 0 Å². The molecule has 0 fully saturated rings. The van der Waals surface area contributed by atoms with Gasteiger partial charge in [-0.05, 0) is 26.8 Å². The Morgan fingerprint density at radius 3 is 2.70 bits per heavy atom. The molecule has 1 rings (SSSR count). The number of carbonyl (C=O) groups excluding carboxylic acids is 2. The normalized spacial score (nSPS) is 11.4. The number of alkyl carbamates (subject to hydrolysis) is 1. The van der Waals surface area contributed by atoms with Gasteiger partial charge in [-0.2, -0.15) is 0 Å². The number of aldehydes is 1. The van der Waals surface area contributed by atoms with E-state index in [0.717, 1.165) is 0 Å². The minimum atomic E-state index is -0.565. The first-order valence-corrected chi connectivity index (χ1v) is 6.20. The first kappa shape index (κ1) is 15.9. The predicted octanol–water partition coefficient (Wildman–Crippen LogP) is 3.18. The molecule has 0 radical (unpaired) electrons. The van der Waals surface area contributed by atoms with Crippen LogP contribution in [-0.4, -0.2) is 24.5 Å². The summed E-state index contributed by atoms with van der Waals surface area (Å²) in [5, 5.41) is 2.51. The number of ether oxygens (including phenoxy) is 1. The molecule has 1 amide bonds. The molecule has 0 bridgehead atoms. The van der Waals surface area contributed by atoms with Gasteiger partial charge < -0.3 is 10.1 Å². The van der Waals surface area contributed by atoms with Crippen LogP contribution >= 0.6 is 0 Å². The lowest BCUT2D eigenvalue weighted by Crippen LogP contribution is -2.32. The Balaban J connectivity index is 2.58. The summed E-state index contributed by atoms with van der Waals surface area (Å²) in [6.45, 7) is 5.47. The summed E-state index contributed by atoms with van der Waals surface area (Å²) in [5.41, 5.74) is -0.101. The van der Waals surface area contributed by atoms with E-state index in [1.165, 1.54) is 24.3 Å². The summed E-state index contributed by atoms with van der Waals surface area (Å²) in [7, 11) is 0. The molecule has 1 aromatic carbocycles. The zero-order valence-electron chi connectivity index (χ0n) is 11.8. The summed E-state index contributed by atoms with van der Waals surface area (Å²) in [5.74, 6) is -0.483. The smallest absolute Gasteiger partial charge is 0.407 e. The second kappa shape index (κ2) is 6.84. The molecule has 4 nitrogen and oxygen atoms in total. The minimum absolute atomic E-state index is 0.182. The van der Waals surface area contributed by atoms with Gasteiger partial charge in [0.2, 0.25) is 0 Å². The van der Waals surface area contributed by atoms with Crippen molar-refractivity contribution in [2.24, 2.45) is 0 Å². The zero-order chi connectivity index (χ0) is 15.2. The van der Waals surface area contributed by atoms with E-state index in [2.05, 4.69) is 5.32 Å². The molecule has 0 aliphatic heterocycles. The third-order valence-corrected chi connectivity index (χ3v) is 2.26. The van der Waals surface area contributed by atoms with Crippen molar-refractivity contribution in [2.45, 2.75) is 26.4 Å². The molecule has 0 aromatic heterocycles. The highest BCUT2D eigenvalue weighted by Gasteiger charge is 2.15. The van der Waals surface area contributed by atoms with Crippen LogP contribution in [0.25, 0.3) is 6.08 Å². The third-order valence-electron chi connectivity index (χ3n) is 2.26. The van der Waals surface area contributed by atoms with Crippen LogP contribution in [0.4, 0.5) is 9.18 Å². The van der Waals surface area contributed by atoms with Crippen molar-refractivity contribution >= 4 is 18.5 Å². The lowest BCUT2D eigenvalue weighted by molar-refractivity contribution is 0.0534. The number of rotatable bonds is 4. The standard InChI is InChI=1S/C15H18FNO3/c1-15(2,3)20-14(19)17-9-5-7-12-11(10-18)6-4-8-13(12)16/h4-8,10H,9H2,1-3H3,(H,17,19). The minimum Gasteiger partial charge on any atom is -0.444 e. The van der Waals surface area contributed by atoms with Gasteiger partial charge in [0.15, 0.2) is 6.29 Å². The molecule has 0 aliphatic carbocycles. The fourth-order valence-corrected chi connectivity index (χ4v) is 1.47. The Kier molecular flexibility index (Phi) is 5.43. The second-order valence-corrected chi connectivity index (χ2v) is 5.15. The zero-order valence-corrected chi connectivity index (χ0v) is 11.8. The van der Waals surface area contributed by atoms with Gasteiger partial charge in [-0.15, -0.1) is 0 Å². The Morgan fingerprint density at radius 2 is 2.10 bits per heavy atom. The van der Waals surface area contributed by atoms with E-state index in [-0.39, 0.29) is 17.7 Å². The second-order valence-electron chi connectivity index (χ2n) is 5.15. The largest absolute Gasteiger partial charge is 0.444 e. The highest BCUT2D eigenvalue weighted by Crippen LogP contribution is 2.13. The maximum Gasteiger partial charge on any atom is 0.407 e. The average Bonchev–Trinajstić information content (AvgIpc) is 2.33. The Hall–Kier alpha value is -2.17. The van der Waals surface area contributed by atoms with E-state index in [1.807, 2.05) is 0 Å². The van der Waals surface area contributed by atoms with Crippen molar-refractivity contribution in [1.82, 2.24) is 5.32 Å². The van der Waals surface area contributed by atoms with Gasteiger partial charge in [0, 0.05) is 17.7 Å². The van der Waals surface area contributed by atoms with Crippen LogP contribution in [0, 0.1) is 5.82 Å². The molecule has 1 aromatic rings. The molecule has 108 valence electrons. The van der Waals surface area contributed by atoms with E-state index in [4.69, 9.17) is 4.74 Å². The maximum absolute atomic E-state index is 13.5. The predicted molar refractivity (Wildman–Crippen MR) is 75.1 cm³/mol. The van der Waals surface area contributed by atoms with E-state index in [0.29, 0.717) is 6.29 Å². The van der Waals surface area contributed by atoms with Gasteiger partial charge in [0.05, 0.1) is 0 Å². The van der Waals surface area contributed by atoms with Crippen LogP contribution in [0.15, 0.2) is 24.3 Å². The maximum atomic E-state index is 13.5. The molecule has 0 spiro atoms. The summed E-state index contributed by atoms with van der Waals surface area (Å²) < 4.78 is 18.6. The Morgan fingerprint density at radius 1 is 1.40 bits per heavy atom. The van der Waals surface area contributed by atoms with Gasteiger partial charge in [-0.25, -0.2) is 9.18 Å². The third kappa shape index (κ3) is 5.22. The summed E-state index contributed by atoms with van der Waals surface area (Å²) in [6.07, 6.45) is 3.04. The van der Waals surface area contributed by atoms with Crippen molar-refractivity contribution in [2.75, 3.05) is 6.54 Å².